The number of pyridine rings is 1. The second-order valence-electron chi connectivity index (χ2n) is 6.00. The summed E-state index contributed by atoms with van der Waals surface area (Å²) >= 11 is 1.92. The van der Waals surface area contributed by atoms with Crippen LogP contribution < -0.4 is 5.56 Å². The lowest BCUT2D eigenvalue weighted by Gasteiger charge is -2.32. The highest BCUT2D eigenvalue weighted by atomic mass is 32.2. The first kappa shape index (κ1) is 15.6. The SMILES string of the molecule is O=C(c1ccc[nH]c1=O)N1CCCSCC1CN1CCCC1. The Morgan fingerprint density at radius 1 is 1.27 bits per heavy atom. The number of likely N-dealkylation sites (tertiary alicyclic amines) is 1. The molecule has 1 amide bonds. The maximum atomic E-state index is 12.8. The molecule has 2 aliphatic heterocycles. The summed E-state index contributed by atoms with van der Waals surface area (Å²) in [5.41, 5.74) is -0.0230. The lowest BCUT2D eigenvalue weighted by molar-refractivity contribution is 0.0665. The van der Waals surface area contributed by atoms with Gasteiger partial charge in [-0.2, -0.15) is 11.8 Å². The predicted molar refractivity (Wildman–Crippen MR) is 89.5 cm³/mol. The van der Waals surface area contributed by atoms with Crippen LogP contribution in [0.3, 0.4) is 0 Å². The van der Waals surface area contributed by atoms with Gasteiger partial charge in [0.1, 0.15) is 5.56 Å². The number of H-pyrrole nitrogens is 1. The average Bonchev–Trinajstić information content (AvgIpc) is 2.92. The van der Waals surface area contributed by atoms with E-state index in [1.54, 1.807) is 18.3 Å². The van der Waals surface area contributed by atoms with Crippen molar-refractivity contribution in [2.75, 3.05) is 37.7 Å². The molecule has 5 nitrogen and oxygen atoms in total. The van der Waals surface area contributed by atoms with E-state index in [1.165, 1.54) is 12.8 Å². The molecule has 1 aromatic rings. The minimum Gasteiger partial charge on any atom is -0.333 e. The predicted octanol–water partition coefficient (Wildman–Crippen LogP) is 1.42. The van der Waals surface area contributed by atoms with Crippen LogP contribution in [0.4, 0.5) is 0 Å². The van der Waals surface area contributed by atoms with Gasteiger partial charge in [-0.3, -0.25) is 9.59 Å². The monoisotopic (exact) mass is 321 g/mol. The van der Waals surface area contributed by atoms with E-state index in [1.807, 2.05) is 16.7 Å². The molecule has 22 heavy (non-hydrogen) atoms. The summed E-state index contributed by atoms with van der Waals surface area (Å²) in [6.45, 7) is 3.95. The second-order valence-corrected chi connectivity index (χ2v) is 7.15. The molecule has 0 saturated carbocycles. The lowest BCUT2D eigenvalue weighted by atomic mass is 10.1. The molecule has 2 saturated heterocycles. The van der Waals surface area contributed by atoms with Crippen molar-refractivity contribution in [2.24, 2.45) is 0 Å². The fourth-order valence-corrected chi connectivity index (χ4v) is 4.31. The van der Waals surface area contributed by atoms with Gasteiger partial charge in [0.05, 0.1) is 6.04 Å². The lowest BCUT2D eigenvalue weighted by Crippen LogP contribution is -2.48. The third-order valence-corrected chi connectivity index (χ3v) is 5.61. The third-order valence-electron chi connectivity index (χ3n) is 4.42. The van der Waals surface area contributed by atoms with Gasteiger partial charge in [0.2, 0.25) is 0 Å². The van der Waals surface area contributed by atoms with Gasteiger partial charge in [0.25, 0.3) is 11.5 Å². The van der Waals surface area contributed by atoms with Crippen LogP contribution in [-0.2, 0) is 0 Å². The van der Waals surface area contributed by atoms with Gasteiger partial charge in [-0.25, -0.2) is 0 Å². The zero-order valence-corrected chi connectivity index (χ0v) is 13.6. The van der Waals surface area contributed by atoms with Crippen LogP contribution in [0.5, 0.6) is 0 Å². The minimum absolute atomic E-state index is 0.117. The minimum atomic E-state index is -0.288. The molecule has 2 aliphatic rings. The first-order chi connectivity index (χ1) is 10.8. The topological polar surface area (TPSA) is 56.4 Å². The highest BCUT2D eigenvalue weighted by Gasteiger charge is 2.29. The smallest absolute Gasteiger partial charge is 0.260 e. The summed E-state index contributed by atoms with van der Waals surface area (Å²) in [6.07, 6.45) is 5.08. The molecule has 0 aromatic carbocycles. The fourth-order valence-electron chi connectivity index (χ4n) is 3.26. The number of rotatable bonds is 3. The number of aromatic amines is 1. The molecule has 2 fully saturated rings. The highest BCUT2D eigenvalue weighted by Crippen LogP contribution is 2.20. The van der Waals surface area contributed by atoms with Gasteiger partial charge in [0.15, 0.2) is 0 Å². The van der Waals surface area contributed by atoms with Crippen LogP contribution in [0.15, 0.2) is 23.1 Å². The van der Waals surface area contributed by atoms with Gasteiger partial charge < -0.3 is 14.8 Å². The number of nitrogens with one attached hydrogen (secondary N) is 1. The number of aromatic nitrogens is 1. The average molecular weight is 321 g/mol. The molecule has 0 spiro atoms. The molecule has 3 rings (SSSR count). The van der Waals surface area contributed by atoms with Gasteiger partial charge >= 0.3 is 0 Å². The van der Waals surface area contributed by atoms with E-state index < -0.39 is 0 Å². The summed E-state index contributed by atoms with van der Waals surface area (Å²) in [4.78, 5) is 31.7. The Morgan fingerprint density at radius 3 is 2.86 bits per heavy atom. The molecule has 120 valence electrons. The van der Waals surface area contributed by atoms with Crippen molar-refractivity contribution in [3.8, 4) is 0 Å². The maximum Gasteiger partial charge on any atom is 0.260 e. The molecule has 0 bridgehead atoms. The first-order valence-corrected chi connectivity index (χ1v) is 9.20. The number of nitrogens with zero attached hydrogens (tertiary/aromatic N) is 2. The van der Waals surface area contributed by atoms with E-state index in [0.717, 1.165) is 44.1 Å². The summed E-state index contributed by atoms with van der Waals surface area (Å²) < 4.78 is 0. The summed E-state index contributed by atoms with van der Waals surface area (Å²) in [5.74, 6) is 1.94. The van der Waals surface area contributed by atoms with E-state index >= 15 is 0 Å². The van der Waals surface area contributed by atoms with E-state index in [-0.39, 0.29) is 23.1 Å². The Bertz CT molecular complexity index is 569. The summed E-state index contributed by atoms with van der Waals surface area (Å²) in [5, 5.41) is 0. The van der Waals surface area contributed by atoms with Crippen LogP contribution in [0.25, 0.3) is 0 Å². The first-order valence-electron chi connectivity index (χ1n) is 8.04. The van der Waals surface area contributed by atoms with Crippen LogP contribution in [0.2, 0.25) is 0 Å². The maximum absolute atomic E-state index is 12.8. The van der Waals surface area contributed by atoms with Crippen molar-refractivity contribution < 1.29 is 4.79 Å². The molecule has 6 heteroatoms. The Hall–Kier alpha value is -1.27. The number of carbonyl (C=O) groups excluding carboxylic acids is 1. The van der Waals surface area contributed by atoms with E-state index in [4.69, 9.17) is 0 Å². The molecular weight excluding hydrogens is 298 g/mol. The van der Waals surface area contributed by atoms with Gasteiger partial charge in [0, 0.05) is 25.0 Å². The fraction of sp³-hybridized carbons (Fsp3) is 0.625. The van der Waals surface area contributed by atoms with Gasteiger partial charge in [-0.1, -0.05) is 0 Å². The Morgan fingerprint density at radius 2 is 2.09 bits per heavy atom. The molecular formula is C16H23N3O2S. The molecule has 1 atom stereocenters. The molecule has 1 unspecified atom stereocenters. The number of hydrogen-bond acceptors (Lipinski definition) is 4. The Kier molecular flexibility index (Phi) is 5.20. The molecule has 3 heterocycles. The van der Waals surface area contributed by atoms with Crippen LogP contribution in [0.1, 0.15) is 29.6 Å². The van der Waals surface area contributed by atoms with Crippen molar-refractivity contribution in [1.82, 2.24) is 14.8 Å². The van der Waals surface area contributed by atoms with E-state index in [9.17, 15) is 9.59 Å². The van der Waals surface area contributed by atoms with Crippen molar-refractivity contribution >= 4 is 17.7 Å². The van der Waals surface area contributed by atoms with Crippen molar-refractivity contribution in [2.45, 2.75) is 25.3 Å². The zero-order chi connectivity index (χ0) is 15.4. The number of hydrogen-bond donors (Lipinski definition) is 1. The van der Waals surface area contributed by atoms with Crippen LogP contribution in [0, 0.1) is 0 Å². The van der Waals surface area contributed by atoms with Crippen molar-refractivity contribution in [1.29, 1.82) is 0 Å². The number of carbonyl (C=O) groups is 1. The molecule has 0 aliphatic carbocycles. The third kappa shape index (κ3) is 3.55. The van der Waals surface area contributed by atoms with Crippen molar-refractivity contribution in [3.63, 3.8) is 0 Å². The highest BCUT2D eigenvalue weighted by molar-refractivity contribution is 7.99. The van der Waals surface area contributed by atoms with Gasteiger partial charge in [-0.05, 0) is 50.2 Å². The zero-order valence-electron chi connectivity index (χ0n) is 12.8. The molecule has 0 radical (unpaired) electrons. The number of thioether (sulfide) groups is 1. The summed E-state index contributed by atoms with van der Waals surface area (Å²) in [7, 11) is 0. The Labute approximate surface area is 135 Å². The van der Waals surface area contributed by atoms with Crippen LogP contribution in [-0.4, -0.2) is 64.4 Å². The van der Waals surface area contributed by atoms with E-state index in [2.05, 4.69) is 9.88 Å². The van der Waals surface area contributed by atoms with E-state index in [0.29, 0.717) is 0 Å². The second kappa shape index (κ2) is 7.33. The Balaban J connectivity index is 1.78. The number of amides is 1. The summed E-state index contributed by atoms with van der Waals surface area (Å²) in [6, 6.07) is 3.56. The largest absolute Gasteiger partial charge is 0.333 e. The normalized spacial score (nSPS) is 23.5. The molecule has 1 N–H and O–H groups in total. The van der Waals surface area contributed by atoms with Crippen LogP contribution >= 0.6 is 11.8 Å². The standard InChI is InChI=1S/C16H23N3O2S/c20-15-14(5-3-6-17-15)16(21)19-9-4-10-22-12-13(19)11-18-7-1-2-8-18/h3,5-6,13H,1-2,4,7-12H2,(H,17,20). The van der Waals surface area contributed by atoms with Gasteiger partial charge in [-0.15, -0.1) is 0 Å². The molecule has 1 aromatic heterocycles. The quantitative estimate of drug-likeness (QED) is 0.915. The van der Waals surface area contributed by atoms with Crippen molar-refractivity contribution in [3.05, 3.63) is 34.2 Å².